The molecular weight excluding hydrogens is 178 g/mol. The lowest BCUT2D eigenvalue weighted by atomic mass is 10.4. The fourth-order valence-corrected chi connectivity index (χ4v) is 0.762. The van der Waals surface area contributed by atoms with Gasteiger partial charge in [0.25, 0.3) is 0 Å². The number of alkyl halides is 1. The maximum atomic E-state index is 11.0. The first-order valence-electron chi connectivity index (χ1n) is 3.56. The summed E-state index contributed by atoms with van der Waals surface area (Å²) >= 11 is 5.53. The van der Waals surface area contributed by atoms with Gasteiger partial charge in [-0.2, -0.15) is 5.10 Å². The normalized spacial score (nSPS) is 12.6. The average Bonchev–Trinajstić information content (AvgIpc) is 2.35. The van der Waals surface area contributed by atoms with E-state index in [2.05, 4.69) is 15.5 Å². The summed E-state index contributed by atoms with van der Waals surface area (Å²) in [6, 6.07) is 1.73. The second-order valence-corrected chi connectivity index (χ2v) is 3.20. The molecule has 1 heterocycles. The molecular formula is C7H10ClN3O. The Hall–Kier alpha value is -1.03. The van der Waals surface area contributed by atoms with Gasteiger partial charge in [-0.25, -0.2) is 0 Å². The first-order chi connectivity index (χ1) is 5.59. The molecule has 1 aromatic heterocycles. The maximum absolute atomic E-state index is 11.0. The summed E-state index contributed by atoms with van der Waals surface area (Å²) < 4.78 is 0. The lowest BCUT2D eigenvalue weighted by Gasteiger charge is -2.01. The molecule has 0 aliphatic rings. The van der Waals surface area contributed by atoms with Crippen molar-refractivity contribution in [2.75, 3.05) is 5.32 Å². The molecule has 1 atom stereocenters. The van der Waals surface area contributed by atoms with Crippen LogP contribution < -0.4 is 5.32 Å². The number of nitrogens with one attached hydrogen (secondary N) is 2. The number of anilines is 1. The molecule has 0 fully saturated rings. The van der Waals surface area contributed by atoms with Crippen LogP contribution in [0.25, 0.3) is 0 Å². The third-order valence-corrected chi connectivity index (χ3v) is 1.52. The van der Waals surface area contributed by atoms with Gasteiger partial charge in [0.05, 0.1) is 0 Å². The minimum absolute atomic E-state index is 0.247. The molecule has 0 spiro atoms. The molecule has 1 rings (SSSR count). The van der Waals surface area contributed by atoms with Gasteiger partial charge in [0, 0.05) is 11.8 Å². The number of hydrogen-bond donors (Lipinski definition) is 2. The average molecular weight is 188 g/mol. The van der Waals surface area contributed by atoms with E-state index in [4.69, 9.17) is 11.6 Å². The molecule has 0 aliphatic carbocycles. The van der Waals surface area contributed by atoms with E-state index in [1.807, 2.05) is 6.92 Å². The number of carbonyl (C=O) groups is 1. The Bertz CT molecular complexity index is 282. The second-order valence-electron chi connectivity index (χ2n) is 2.54. The highest BCUT2D eigenvalue weighted by molar-refractivity contribution is 6.32. The van der Waals surface area contributed by atoms with Gasteiger partial charge >= 0.3 is 0 Å². The lowest BCUT2D eigenvalue weighted by Crippen LogP contribution is -2.20. The smallest absolute Gasteiger partial charge is 0.243 e. The SMILES string of the molecule is Cc1cc(NC(=O)C(C)Cl)n[nH]1. The van der Waals surface area contributed by atoms with Crippen LogP contribution in [0.5, 0.6) is 0 Å². The van der Waals surface area contributed by atoms with Crippen molar-refractivity contribution in [3.63, 3.8) is 0 Å². The summed E-state index contributed by atoms with van der Waals surface area (Å²) in [5, 5.41) is 8.54. The summed E-state index contributed by atoms with van der Waals surface area (Å²) in [6.45, 7) is 3.46. The molecule has 2 N–H and O–H groups in total. The van der Waals surface area contributed by atoms with E-state index >= 15 is 0 Å². The number of aromatic amines is 1. The van der Waals surface area contributed by atoms with Crippen LogP contribution >= 0.6 is 11.6 Å². The predicted octanol–water partition coefficient (Wildman–Crippen LogP) is 1.28. The third kappa shape index (κ3) is 2.23. The van der Waals surface area contributed by atoms with Crippen molar-refractivity contribution in [3.8, 4) is 0 Å². The molecule has 12 heavy (non-hydrogen) atoms. The fourth-order valence-electron chi connectivity index (χ4n) is 0.708. The van der Waals surface area contributed by atoms with Crippen LogP contribution in [0.3, 0.4) is 0 Å². The summed E-state index contributed by atoms with van der Waals surface area (Å²) in [6.07, 6.45) is 0. The van der Waals surface area contributed by atoms with E-state index in [0.717, 1.165) is 5.69 Å². The summed E-state index contributed by atoms with van der Waals surface area (Å²) in [7, 11) is 0. The van der Waals surface area contributed by atoms with Gasteiger partial charge in [-0.1, -0.05) is 0 Å². The van der Waals surface area contributed by atoms with Crippen LogP contribution in [0.1, 0.15) is 12.6 Å². The van der Waals surface area contributed by atoms with Gasteiger partial charge in [0.2, 0.25) is 5.91 Å². The minimum atomic E-state index is -0.540. The Kier molecular flexibility index (Phi) is 2.70. The van der Waals surface area contributed by atoms with E-state index in [9.17, 15) is 4.79 Å². The van der Waals surface area contributed by atoms with Crippen LogP contribution in [0.4, 0.5) is 5.82 Å². The van der Waals surface area contributed by atoms with E-state index in [1.54, 1.807) is 13.0 Å². The van der Waals surface area contributed by atoms with Crippen LogP contribution in [0.15, 0.2) is 6.07 Å². The zero-order valence-corrected chi connectivity index (χ0v) is 7.64. The first kappa shape index (κ1) is 9.06. The Labute approximate surface area is 75.3 Å². The number of H-pyrrole nitrogens is 1. The largest absolute Gasteiger partial charge is 0.308 e. The number of carbonyl (C=O) groups excluding carboxylic acids is 1. The van der Waals surface area contributed by atoms with Crippen molar-refractivity contribution in [1.82, 2.24) is 10.2 Å². The Morgan fingerprint density at radius 3 is 2.92 bits per heavy atom. The van der Waals surface area contributed by atoms with Crippen molar-refractivity contribution in [2.24, 2.45) is 0 Å². The van der Waals surface area contributed by atoms with Crippen LogP contribution in [-0.2, 0) is 4.79 Å². The van der Waals surface area contributed by atoms with E-state index in [1.165, 1.54) is 0 Å². The van der Waals surface area contributed by atoms with Gasteiger partial charge < -0.3 is 5.32 Å². The molecule has 66 valence electrons. The molecule has 0 aliphatic heterocycles. The molecule has 5 heteroatoms. The Balaban J connectivity index is 2.58. The number of aromatic nitrogens is 2. The topological polar surface area (TPSA) is 57.8 Å². The Morgan fingerprint density at radius 1 is 1.83 bits per heavy atom. The highest BCUT2D eigenvalue weighted by Gasteiger charge is 2.09. The minimum Gasteiger partial charge on any atom is -0.308 e. The zero-order valence-electron chi connectivity index (χ0n) is 6.89. The third-order valence-electron chi connectivity index (χ3n) is 1.32. The molecule has 1 aromatic rings. The van der Waals surface area contributed by atoms with E-state index < -0.39 is 5.38 Å². The highest BCUT2D eigenvalue weighted by Crippen LogP contribution is 2.05. The fraction of sp³-hybridized carbons (Fsp3) is 0.429. The van der Waals surface area contributed by atoms with Crippen molar-refractivity contribution >= 4 is 23.3 Å². The quantitative estimate of drug-likeness (QED) is 0.686. The first-order valence-corrected chi connectivity index (χ1v) is 4.00. The van der Waals surface area contributed by atoms with Crippen molar-refractivity contribution in [2.45, 2.75) is 19.2 Å². The molecule has 4 nitrogen and oxygen atoms in total. The standard InChI is InChI=1S/C7H10ClN3O/c1-4-3-6(11-10-4)9-7(12)5(2)8/h3,5H,1-2H3,(H2,9,10,11,12). The van der Waals surface area contributed by atoms with Crippen LogP contribution in [0.2, 0.25) is 0 Å². The van der Waals surface area contributed by atoms with E-state index in [0.29, 0.717) is 5.82 Å². The molecule has 0 bridgehead atoms. The molecule has 0 saturated heterocycles. The van der Waals surface area contributed by atoms with E-state index in [-0.39, 0.29) is 5.91 Å². The van der Waals surface area contributed by atoms with Gasteiger partial charge in [-0.15, -0.1) is 11.6 Å². The van der Waals surface area contributed by atoms with Crippen molar-refractivity contribution in [1.29, 1.82) is 0 Å². The van der Waals surface area contributed by atoms with Crippen LogP contribution in [0, 0.1) is 6.92 Å². The van der Waals surface area contributed by atoms with Crippen molar-refractivity contribution < 1.29 is 4.79 Å². The monoisotopic (exact) mass is 187 g/mol. The molecule has 0 saturated carbocycles. The summed E-state index contributed by atoms with van der Waals surface area (Å²) in [4.78, 5) is 11.0. The maximum Gasteiger partial charge on any atom is 0.243 e. The summed E-state index contributed by atoms with van der Waals surface area (Å²) in [5.41, 5.74) is 0.896. The molecule has 0 radical (unpaired) electrons. The molecule has 0 aromatic carbocycles. The Morgan fingerprint density at radius 2 is 2.50 bits per heavy atom. The number of hydrogen-bond acceptors (Lipinski definition) is 2. The molecule has 1 unspecified atom stereocenters. The summed E-state index contributed by atoms with van der Waals surface area (Å²) in [5.74, 6) is 0.258. The van der Waals surface area contributed by atoms with Crippen molar-refractivity contribution in [3.05, 3.63) is 11.8 Å². The van der Waals surface area contributed by atoms with Gasteiger partial charge in [-0.3, -0.25) is 9.89 Å². The molecule has 1 amide bonds. The number of amides is 1. The van der Waals surface area contributed by atoms with Gasteiger partial charge in [0.15, 0.2) is 5.82 Å². The van der Waals surface area contributed by atoms with Crippen LogP contribution in [-0.4, -0.2) is 21.5 Å². The number of halogens is 1. The second kappa shape index (κ2) is 3.58. The lowest BCUT2D eigenvalue weighted by molar-refractivity contribution is -0.115. The highest BCUT2D eigenvalue weighted by atomic mass is 35.5. The van der Waals surface area contributed by atoms with Gasteiger partial charge in [0.1, 0.15) is 5.38 Å². The predicted molar refractivity (Wildman–Crippen MR) is 47.3 cm³/mol. The number of aryl methyl sites for hydroxylation is 1. The van der Waals surface area contributed by atoms with Gasteiger partial charge in [-0.05, 0) is 13.8 Å². The number of nitrogens with zero attached hydrogens (tertiary/aromatic N) is 1. The zero-order chi connectivity index (χ0) is 9.14. The number of rotatable bonds is 2.